The minimum Gasteiger partial charge on any atom is -0.317 e. The van der Waals surface area contributed by atoms with Crippen molar-refractivity contribution >= 4 is 5.52 Å². The Hall–Kier alpha value is -3.57. The van der Waals surface area contributed by atoms with E-state index in [2.05, 4.69) is 31.8 Å². The molecule has 0 radical (unpaired) electrons. The third-order valence-electron chi connectivity index (χ3n) is 5.15. The van der Waals surface area contributed by atoms with Gasteiger partial charge in [0.25, 0.3) is 0 Å². The van der Waals surface area contributed by atoms with Crippen molar-refractivity contribution in [2.45, 2.75) is 18.9 Å². The molecule has 4 aromatic heterocycles. The van der Waals surface area contributed by atoms with Crippen LogP contribution in [0.15, 0.2) is 48.9 Å². The quantitative estimate of drug-likeness (QED) is 0.595. The monoisotopic (exact) mass is 370 g/mol. The van der Waals surface area contributed by atoms with E-state index in [9.17, 15) is 5.26 Å². The number of nitrogens with zero attached hydrogens (tertiary/aromatic N) is 7. The topological polar surface area (TPSA) is 96.7 Å². The van der Waals surface area contributed by atoms with Crippen molar-refractivity contribution in [2.75, 3.05) is 13.1 Å². The van der Waals surface area contributed by atoms with E-state index in [1.165, 1.54) is 0 Å². The van der Waals surface area contributed by atoms with Crippen LogP contribution in [-0.4, -0.2) is 42.7 Å². The number of pyridine rings is 1. The van der Waals surface area contributed by atoms with Crippen LogP contribution in [0.5, 0.6) is 0 Å². The number of fused-ring (bicyclic) bond motifs is 1. The van der Waals surface area contributed by atoms with Crippen molar-refractivity contribution in [3.63, 3.8) is 0 Å². The second-order valence-corrected chi connectivity index (χ2v) is 6.83. The Bertz CT molecular complexity index is 1160. The lowest BCUT2D eigenvalue weighted by molar-refractivity contribution is 0.337. The highest BCUT2D eigenvalue weighted by Gasteiger charge is 2.22. The number of hydrogen-bond acceptors (Lipinski definition) is 6. The molecule has 1 aliphatic heterocycles. The summed E-state index contributed by atoms with van der Waals surface area (Å²) in [7, 11) is 0. The number of rotatable bonds is 3. The SMILES string of the molecule is N#Cc1c(-c2cn(C3CCNCC3)nn2)nn2cccc2c1-c1ccccn1. The summed E-state index contributed by atoms with van der Waals surface area (Å²) in [5, 5.41) is 26.7. The van der Waals surface area contributed by atoms with Crippen LogP contribution in [0.25, 0.3) is 28.2 Å². The van der Waals surface area contributed by atoms with Gasteiger partial charge in [-0.2, -0.15) is 10.4 Å². The van der Waals surface area contributed by atoms with Gasteiger partial charge >= 0.3 is 0 Å². The molecule has 8 heteroatoms. The van der Waals surface area contributed by atoms with E-state index in [-0.39, 0.29) is 0 Å². The van der Waals surface area contributed by atoms with Crippen LogP contribution < -0.4 is 5.32 Å². The summed E-state index contributed by atoms with van der Waals surface area (Å²) in [4.78, 5) is 4.46. The van der Waals surface area contributed by atoms with Crippen molar-refractivity contribution in [2.24, 2.45) is 0 Å². The maximum atomic E-state index is 9.98. The summed E-state index contributed by atoms with van der Waals surface area (Å²) in [6.07, 6.45) is 7.51. The van der Waals surface area contributed by atoms with Crippen molar-refractivity contribution in [1.82, 2.24) is 34.9 Å². The summed E-state index contributed by atoms with van der Waals surface area (Å²) in [5.74, 6) is 0. The molecule has 1 N–H and O–H groups in total. The van der Waals surface area contributed by atoms with Gasteiger partial charge < -0.3 is 5.32 Å². The molecule has 28 heavy (non-hydrogen) atoms. The predicted octanol–water partition coefficient (Wildman–Crippen LogP) is 2.45. The minimum absolute atomic E-state index is 0.318. The lowest BCUT2D eigenvalue weighted by Gasteiger charge is -2.22. The number of hydrogen-bond donors (Lipinski definition) is 1. The van der Waals surface area contributed by atoms with Gasteiger partial charge in [0.05, 0.1) is 29.0 Å². The zero-order valence-corrected chi connectivity index (χ0v) is 15.2. The zero-order valence-electron chi connectivity index (χ0n) is 15.2. The van der Waals surface area contributed by atoms with Gasteiger partial charge in [-0.1, -0.05) is 11.3 Å². The first-order valence-electron chi connectivity index (χ1n) is 9.31. The Morgan fingerprint density at radius 1 is 1.11 bits per heavy atom. The second kappa shape index (κ2) is 6.87. The van der Waals surface area contributed by atoms with Gasteiger partial charge in [-0.15, -0.1) is 5.10 Å². The van der Waals surface area contributed by atoms with Crippen LogP contribution in [-0.2, 0) is 0 Å². The highest BCUT2D eigenvalue weighted by molar-refractivity contribution is 5.87. The maximum Gasteiger partial charge on any atom is 0.134 e. The summed E-state index contributed by atoms with van der Waals surface area (Å²) < 4.78 is 3.67. The summed E-state index contributed by atoms with van der Waals surface area (Å²) >= 11 is 0. The van der Waals surface area contributed by atoms with E-state index in [0.29, 0.717) is 23.0 Å². The van der Waals surface area contributed by atoms with Crippen LogP contribution in [0.4, 0.5) is 0 Å². The number of piperidine rings is 1. The van der Waals surface area contributed by atoms with Crippen LogP contribution >= 0.6 is 0 Å². The Morgan fingerprint density at radius 2 is 2.00 bits per heavy atom. The Kier molecular flexibility index (Phi) is 4.07. The molecule has 0 bridgehead atoms. The lowest BCUT2D eigenvalue weighted by Crippen LogP contribution is -2.29. The van der Waals surface area contributed by atoms with Gasteiger partial charge in [0.2, 0.25) is 0 Å². The van der Waals surface area contributed by atoms with Crippen molar-refractivity contribution < 1.29 is 0 Å². The van der Waals surface area contributed by atoms with Crippen LogP contribution in [0, 0.1) is 11.3 Å². The minimum atomic E-state index is 0.318. The molecule has 0 atom stereocenters. The molecule has 1 fully saturated rings. The molecule has 0 unspecified atom stereocenters. The average molecular weight is 370 g/mol. The van der Waals surface area contributed by atoms with Crippen molar-refractivity contribution in [1.29, 1.82) is 5.26 Å². The molecule has 138 valence electrons. The molecule has 1 aliphatic rings. The first kappa shape index (κ1) is 16.6. The number of nitriles is 1. The molecular weight excluding hydrogens is 352 g/mol. The Morgan fingerprint density at radius 3 is 2.79 bits per heavy atom. The first-order valence-corrected chi connectivity index (χ1v) is 9.31. The summed E-state index contributed by atoms with van der Waals surface area (Å²) in [5.41, 5.74) is 3.91. The molecule has 4 aromatic rings. The normalized spacial score (nSPS) is 15.0. The van der Waals surface area contributed by atoms with Gasteiger partial charge in [-0.25, -0.2) is 9.20 Å². The van der Waals surface area contributed by atoms with E-state index < -0.39 is 0 Å². The molecule has 5 heterocycles. The molecule has 0 aliphatic carbocycles. The largest absolute Gasteiger partial charge is 0.317 e. The molecule has 0 aromatic carbocycles. The first-order chi connectivity index (χ1) is 13.8. The van der Waals surface area contributed by atoms with E-state index in [1.807, 2.05) is 47.4 Å². The highest BCUT2D eigenvalue weighted by atomic mass is 15.4. The van der Waals surface area contributed by atoms with E-state index in [1.54, 1.807) is 10.7 Å². The fourth-order valence-corrected chi connectivity index (χ4v) is 3.75. The molecular formula is C20H18N8. The fourth-order valence-electron chi connectivity index (χ4n) is 3.75. The fraction of sp³-hybridized carbons (Fsp3) is 0.250. The van der Waals surface area contributed by atoms with Crippen molar-refractivity contribution in [3.05, 3.63) is 54.5 Å². The number of nitrogens with one attached hydrogen (secondary N) is 1. The van der Waals surface area contributed by atoms with E-state index >= 15 is 0 Å². The molecule has 1 saturated heterocycles. The second-order valence-electron chi connectivity index (χ2n) is 6.83. The van der Waals surface area contributed by atoms with Gasteiger partial charge in [-0.05, 0) is 50.2 Å². The Labute approximate surface area is 161 Å². The smallest absolute Gasteiger partial charge is 0.134 e. The van der Waals surface area contributed by atoms with Gasteiger partial charge in [0.1, 0.15) is 17.5 Å². The number of aromatic nitrogens is 6. The average Bonchev–Trinajstić information content (AvgIpc) is 3.43. The van der Waals surface area contributed by atoms with Crippen LogP contribution in [0.1, 0.15) is 24.4 Å². The molecule has 0 spiro atoms. The zero-order chi connectivity index (χ0) is 18.9. The van der Waals surface area contributed by atoms with Crippen molar-refractivity contribution in [3.8, 4) is 28.7 Å². The third kappa shape index (κ3) is 2.73. The van der Waals surface area contributed by atoms with Gasteiger partial charge in [0.15, 0.2) is 0 Å². The van der Waals surface area contributed by atoms with Crippen LogP contribution in [0.2, 0.25) is 0 Å². The summed E-state index contributed by atoms with van der Waals surface area (Å²) in [6, 6.07) is 12.2. The third-order valence-corrected chi connectivity index (χ3v) is 5.15. The van der Waals surface area contributed by atoms with E-state index in [4.69, 9.17) is 0 Å². The van der Waals surface area contributed by atoms with Gasteiger partial charge in [-0.3, -0.25) is 4.98 Å². The molecule has 0 saturated carbocycles. The highest BCUT2D eigenvalue weighted by Crippen LogP contribution is 2.32. The lowest BCUT2D eigenvalue weighted by atomic mass is 10.0. The van der Waals surface area contributed by atoms with Gasteiger partial charge in [0, 0.05) is 18.0 Å². The Balaban J connectivity index is 1.68. The standard InChI is InChI=1S/C20H18N8/c21-12-15-19(16-4-1-2-8-23-16)18-5-3-11-27(18)25-20(15)17-13-28(26-24-17)14-6-9-22-10-7-14/h1-5,8,11,13-14,22H,6-7,9-10H2. The van der Waals surface area contributed by atoms with E-state index in [0.717, 1.165) is 42.7 Å². The molecule has 5 rings (SSSR count). The summed E-state index contributed by atoms with van der Waals surface area (Å²) in [6.45, 7) is 1.95. The maximum absolute atomic E-state index is 9.98. The molecule has 0 amide bonds. The van der Waals surface area contributed by atoms with Crippen LogP contribution in [0.3, 0.4) is 0 Å². The predicted molar refractivity (Wildman–Crippen MR) is 103 cm³/mol. The molecule has 8 nitrogen and oxygen atoms in total.